The van der Waals surface area contributed by atoms with Gasteiger partial charge in [0.05, 0.1) is 7.11 Å². The third-order valence-electron chi connectivity index (χ3n) is 3.45. The van der Waals surface area contributed by atoms with Crippen LogP contribution in [0.4, 0.5) is 0 Å². The van der Waals surface area contributed by atoms with Gasteiger partial charge in [-0.1, -0.05) is 30.3 Å². The summed E-state index contributed by atoms with van der Waals surface area (Å²) in [5.41, 5.74) is 2.40. The summed E-state index contributed by atoms with van der Waals surface area (Å²) in [6, 6.07) is 12.1. The van der Waals surface area contributed by atoms with Crippen molar-refractivity contribution in [1.82, 2.24) is 0 Å². The fourth-order valence-corrected chi connectivity index (χ4v) is 2.99. The first-order chi connectivity index (χ1) is 10.8. The van der Waals surface area contributed by atoms with E-state index in [2.05, 4.69) is 0 Å². The second-order valence-corrected chi connectivity index (χ2v) is 7.18. The molecule has 0 saturated heterocycles. The molecule has 0 saturated carbocycles. The van der Waals surface area contributed by atoms with E-state index in [4.69, 9.17) is 4.74 Å². The van der Waals surface area contributed by atoms with E-state index in [9.17, 15) is 13.2 Å². The quantitative estimate of drug-likeness (QED) is 0.623. The van der Waals surface area contributed by atoms with Crippen molar-refractivity contribution in [3.63, 3.8) is 0 Å². The van der Waals surface area contributed by atoms with Gasteiger partial charge in [0.2, 0.25) is 0 Å². The summed E-state index contributed by atoms with van der Waals surface area (Å²) in [4.78, 5) is 12.3. The number of benzene rings is 2. The number of carbonyl (C=O) groups is 1. The second-order valence-electron chi connectivity index (χ2n) is 5.19. The standard InChI is InChI=1S/C18H18O4S/c1-13-6-4-5-7-14(13)8-10-16(19)15-9-11-18(23(3,20)21)17(12-15)22-2/h4-12H,1-3H3. The Hall–Kier alpha value is -2.40. The molecule has 0 N–H and O–H groups in total. The number of carbonyl (C=O) groups excluding carboxylic acids is 1. The van der Waals surface area contributed by atoms with Gasteiger partial charge >= 0.3 is 0 Å². The number of ketones is 1. The van der Waals surface area contributed by atoms with Crippen LogP contribution in [0, 0.1) is 6.92 Å². The lowest BCUT2D eigenvalue weighted by atomic mass is 10.1. The van der Waals surface area contributed by atoms with Crippen LogP contribution in [0.2, 0.25) is 0 Å². The van der Waals surface area contributed by atoms with Crippen molar-refractivity contribution < 1.29 is 17.9 Å². The van der Waals surface area contributed by atoms with Crippen LogP contribution in [0.15, 0.2) is 53.4 Å². The lowest BCUT2D eigenvalue weighted by molar-refractivity contribution is 0.104. The Morgan fingerprint density at radius 1 is 1.13 bits per heavy atom. The van der Waals surface area contributed by atoms with Crippen LogP contribution in [-0.4, -0.2) is 27.6 Å². The topological polar surface area (TPSA) is 60.4 Å². The maximum absolute atomic E-state index is 12.3. The average molecular weight is 330 g/mol. The van der Waals surface area contributed by atoms with Gasteiger partial charge in [-0.25, -0.2) is 8.42 Å². The van der Waals surface area contributed by atoms with Crippen LogP contribution in [0.5, 0.6) is 5.75 Å². The first-order valence-electron chi connectivity index (χ1n) is 6.99. The molecule has 120 valence electrons. The van der Waals surface area contributed by atoms with E-state index in [1.165, 1.54) is 31.4 Å². The molecule has 0 heterocycles. The summed E-state index contributed by atoms with van der Waals surface area (Å²) in [6.45, 7) is 1.97. The number of sulfone groups is 1. The van der Waals surface area contributed by atoms with E-state index in [1.54, 1.807) is 6.08 Å². The highest BCUT2D eigenvalue weighted by atomic mass is 32.2. The average Bonchev–Trinajstić information content (AvgIpc) is 2.52. The Labute approximate surface area is 136 Å². The third kappa shape index (κ3) is 4.07. The van der Waals surface area contributed by atoms with E-state index in [0.717, 1.165) is 17.4 Å². The van der Waals surface area contributed by atoms with Crippen LogP contribution in [0.3, 0.4) is 0 Å². The summed E-state index contributed by atoms with van der Waals surface area (Å²) in [7, 11) is -2.03. The van der Waals surface area contributed by atoms with Crippen LogP contribution in [0.25, 0.3) is 6.08 Å². The Kier molecular flexibility index (Phi) is 5.01. The molecule has 0 radical (unpaired) electrons. The largest absolute Gasteiger partial charge is 0.495 e. The molecule has 0 aliphatic rings. The first kappa shape index (κ1) is 17.0. The fourth-order valence-electron chi connectivity index (χ4n) is 2.16. The smallest absolute Gasteiger partial charge is 0.185 e. The number of aryl methyl sites for hydroxylation is 1. The minimum absolute atomic E-state index is 0.0689. The van der Waals surface area contributed by atoms with Gasteiger partial charge in [-0.2, -0.15) is 0 Å². The summed E-state index contributed by atoms with van der Waals surface area (Å²) >= 11 is 0. The third-order valence-corrected chi connectivity index (χ3v) is 4.59. The van der Waals surface area contributed by atoms with Crippen LogP contribution >= 0.6 is 0 Å². The van der Waals surface area contributed by atoms with Gasteiger partial charge in [0.25, 0.3) is 0 Å². The molecule has 2 aromatic rings. The number of rotatable bonds is 5. The monoisotopic (exact) mass is 330 g/mol. The maximum atomic E-state index is 12.3. The number of allylic oxidation sites excluding steroid dienone is 1. The van der Waals surface area contributed by atoms with Gasteiger partial charge in [-0.3, -0.25) is 4.79 Å². The number of ether oxygens (including phenoxy) is 1. The van der Waals surface area contributed by atoms with Gasteiger partial charge in [-0.05, 0) is 42.3 Å². The highest BCUT2D eigenvalue weighted by Gasteiger charge is 2.16. The van der Waals surface area contributed by atoms with Crippen molar-refractivity contribution in [2.24, 2.45) is 0 Å². The molecule has 5 heteroatoms. The molecule has 0 aliphatic carbocycles. The Morgan fingerprint density at radius 2 is 1.83 bits per heavy atom. The van der Waals surface area contributed by atoms with Crippen molar-refractivity contribution in [2.45, 2.75) is 11.8 Å². The zero-order chi connectivity index (χ0) is 17.0. The lowest BCUT2D eigenvalue weighted by Crippen LogP contribution is -2.03. The molecule has 0 spiro atoms. The molecule has 0 unspecified atom stereocenters. The number of hydrogen-bond acceptors (Lipinski definition) is 4. The molecule has 0 aliphatic heterocycles. The van der Waals surface area contributed by atoms with Crippen LogP contribution in [0.1, 0.15) is 21.5 Å². The zero-order valence-electron chi connectivity index (χ0n) is 13.2. The molecule has 23 heavy (non-hydrogen) atoms. The molecule has 0 bridgehead atoms. The lowest BCUT2D eigenvalue weighted by Gasteiger charge is -2.08. The van der Waals surface area contributed by atoms with Crippen molar-refractivity contribution in [2.75, 3.05) is 13.4 Å². The Morgan fingerprint density at radius 3 is 2.43 bits per heavy atom. The molecule has 2 aromatic carbocycles. The summed E-state index contributed by atoms with van der Waals surface area (Å²) in [5, 5.41) is 0. The second kappa shape index (κ2) is 6.79. The predicted molar refractivity (Wildman–Crippen MR) is 90.6 cm³/mol. The van der Waals surface area contributed by atoms with Crippen molar-refractivity contribution >= 4 is 21.7 Å². The van der Waals surface area contributed by atoms with Crippen molar-refractivity contribution in [3.05, 3.63) is 65.2 Å². The molecular weight excluding hydrogens is 312 g/mol. The van der Waals surface area contributed by atoms with Crippen LogP contribution < -0.4 is 4.74 Å². The predicted octanol–water partition coefficient (Wildman–Crippen LogP) is 3.30. The summed E-state index contributed by atoms with van der Waals surface area (Å²) in [5.74, 6) is -0.0470. The van der Waals surface area contributed by atoms with E-state index in [-0.39, 0.29) is 16.4 Å². The van der Waals surface area contributed by atoms with Gasteiger partial charge in [0.15, 0.2) is 15.6 Å². The van der Waals surface area contributed by atoms with E-state index < -0.39 is 9.84 Å². The van der Waals surface area contributed by atoms with Crippen molar-refractivity contribution in [3.8, 4) is 5.75 Å². The highest BCUT2D eigenvalue weighted by Crippen LogP contribution is 2.25. The summed E-state index contributed by atoms with van der Waals surface area (Å²) in [6.07, 6.45) is 4.32. The zero-order valence-corrected chi connectivity index (χ0v) is 14.1. The fraction of sp³-hybridized carbons (Fsp3) is 0.167. The molecule has 0 atom stereocenters. The van der Waals surface area contributed by atoms with Gasteiger partial charge in [0.1, 0.15) is 10.6 Å². The van der Waals surface area contributed by atoms with Crippen molar-refractivity contribution in [1.29, 1.82) is 0 Å². The molecular formula is C18H18O4S. The van der Waals surface area contributed by atoms with E-state index in [1.807, 2.05) is 31.2 Å². The molecule has 0 fully saturated rings. The molecule has 0 amide bonds. The molecule has 4 nitrogen and oxygen atoms in total. The minimum Gasteiger partial charge on any atom is -0.495 e. The van der Waals surface area contributed by atoms with E-state index in [0.29, 0.717) is 5.56 Å². The van der Waals surface area contributed by atoms with Gasteiger partial charge < -0.3 is 4.74 Å². The number of hydrogen-bond donors (Lipinski definition) is 0. The SMILES string of the molecule is COc1cc(C(=O)C=Cc2ccccc2C)ccc1S(C)(=O)=O. The van der Waals surface area contributed by atoms with Gasteiger partial charge in [0, 0.05) is 11.8 Å². The minimum atomic E-state index is -3.40. The number of methoxy groups -OCH3 is 1. The Bertz CT molecular complexity index is 864. The molecule has 0 aromatic heterocycles. The summed E-state index contributed by atoms with van der Waals surface area (Å²) < 4.78 is 28.4. The highest BCUT2D eigenvalue weighted by molar-refractivity contribution is 7.90. The first-order valence-corrected chi connectivity index (χ1v) is 8.88. The van der Waals surface area contributed by atoms with E-state index >= 15 is 0 Å². The van der Waals surface area contributed by atoms with Gasteiger partial charge in [-0.15, -0.1) is 0 Å². The Balaban J connectivity index is 2.32. The normalized spacial score (nSPS) is 11.6. The molecule has 2 rings (SSSR count). The van der Waals surface area contributed by atoms with Crippen LogP contribution in [-0.2, 0) is 9.84 Å². The maximum Gasteiger partial charge on any atom is 0.185 e.